The Morgan fingerprint density at radius 3 is 2.44 bits per heavy atom. The van der Waals surface area contributed by atoms with Crippen LogP contribution >= 0.6 is 0 Å². The summed E-state index contributed by atoms with van der Waals surface area (Å²) in [4.78, 5) is 26.8. The Hall–Kier alpha value is -1.88. The van der Waals surface area contributed by atoms with Crippen molar-refractivity contribution in [3.05, 3.63) is 35.9 Å². The molecule has 3 rings (SSSR count). The van der Waals surface area contributed by atoms with Crippen LogP contribution < -0.4 is 5.32 Å². The molecule has 1 atom stereocenters. The van der Waals surface area contributed by atoms with Gasteiger partial charge in [-0.1, -0.05) is 30.3 Å². The molecule has 5 heteroatoms. The van der Waals surface area contributed by atoms with Gasteiger partial charge in [-0.3, -0.25) is 9.59 Å². The van der Waals surface area contributed by atoms with Crippen LogP contribution in [-0.4, -0.2) is 47.1 Å². The lowest BCUT2D eigenvalue weighted by Gasteiger charge is -2.41. The van der Waals surface area contributed by atoms with Crippen LogP contribution in [0.5, 0.6) is 0 Å². The van der Waals surface area contributed by atoms with E-state index >= 15 is 0 Å². The summed E-state index contributed by atoms with van der Waals surface area (Å²) in [7, 11) is 0. The number of hydrogen-bond acceptors (Lipinski definition) is 3. The predicted octanol–water partition coefficient (Wildman–Crippen LogP) is 2.06. The number of aliphatic hydroxyl groups is 1. The summed E-state index contributed by atoms with van der Waals surface area (Å²) in [6.45, 7) is 2.87. The van der Waals surface area contributed by atoms with E-state index in [4.69, 9.17) is 0 Å². The second-order valence-corrected chi connectivity index (χ2v) is 7.54. The first-order chi connectivity index (χ1) is 12.0. The first-order valence-electron chi connectivity index (χ1n) is 9.28. The number of hydrogen-bond donors (Lipinski definition) is 2. The number of nitrogens with zero attached hydrogens (tertiary/aromatic N) is 1. The predicted molar refractivity (Wildman–Crippen MR) is 96.0 cm³/mol. The molecule has 1 saturated carbocycles. The lowest BCUT2D eigenvalue weighted by atomic mass is 9.73. The summed E-state index contributed by atoms with van der Waals surface area (Å²) >= 11 is 0. The molecule has 5 nitrogen and oxygen atoms in total. The second kappa shape index (κ2) is 7.56. The molecule has 0 aromatic heterocycles. The van der Waals surface area contributed by atoms with Crippen LogP contribution in [0.1, 0.15) is 50.5 Å². The Kier molecular flexibility index (Phi) is 5.42. The number of benzene rings is 1. The van der Waals surface area contributed by atoms with E-state index in [9.17, 15) is 14.7 Å². The molecule has 0 spiro atoms. The number of amides is 2. The van der Waals surface area contributed by atoms with Crippen molar-refractivity contribution in [1.82, 2.24) is 10.2 Å². The Morgan fingerprint density at radius 2 is 1.88 bits per heavy atom. The van der Waals surface area contributed by atoms with E-state index in [0.717, 1.165) is 19.3 Å². The highest BCUT2D eigenvalue weighted by Crippen LogP contribution is 2.39. The van der Waals surface area contributed by atoms with Crippen LogP contribution in [-0.2, 0) is 9.59 Å². The molecule has 136 valence electrons. The third kappa shape index (κ3) is 3.87. The fraction of sp³-hybridized carbons (Fsp3) is 0.600. The normalized spacial score (nSPS) is 29.4. The van der Waals surface area contributed by atoms with Crippen molar-refractivity contribution in [2.45, 2.75) is 50.5 Å². The zero-order valence-corrected chi connectivity index (χ0v) is 14.9. The SMILES string of the molecule is CC(=O)NC1(C(=O)N2CCC(CO)C2)CCC(c2ccccc2)CC1. The van der Waals surface area contributed by atoms with Crippen molar-refractivity contribution < 1.29 is 14.7 Å². The van der Waals surface area contributed by atoms with Crippen molar-refractivity contribution in [3.63, 3.8) is 0 Å². The smallest absolute Gasteiger partial charge is 0.248 e. The lowest BCUT2D eigenvalue weighted by Crippen LogP contribution is -2.60. The summed E-state index contributed by atoms with van der Waals surface area (Å²) in [5.41, 5.74) is 0.537. The third-order valence-electron chi connectivity index (χ3n) is 5.77. The topological polar surface area (TPSA) is 69.6 Å². The van der Waals surface area contributed by atoms with Gasteiger partial charge in [0.2, 0.25) is 11.8 Å². The molecule has 1 saturated heterocycles. The Bertz CT molecular complexity index is 609. The van der Waals surface area contributed by atoms with E-state index in [2.05, 4.69) is 29.6 Å². The van der Waals surface area contributed by atoms with Gasteiger partial charge < -0.3 is 15.3 Å². The molecule has 2 fully saturated rings. The molecule has 1 unspecified atom stereocenters. The monoisotopic (exact) mass is 344 g/mol. The summed E-state index contributed by atoms with van der Waals surface area (Å²) in [5, 5.41) is 12.3. The van der Waals surface area contributed by atoms with Gasteiger partial charge in [-0.15, -0.1) is 0 Å². The number of carbonyl (C=O) groups excluding carboxylic acids is 2. The van der Waals surface area contributed by atoms with E-state index in [1.165, 1.54) is 12.5 Å². The molecule has 0 bridgehead atoms. The van der Waals surface area contributed by atoms with Crippen molar-refractivity contribution in [3.8, 4) is 0 Å². The lowest BCUT2D eigenvalue weighted by molar-refractivity contribution is -0.142. The minimum Gasteiger partial charge on any atom is -0.396 e. The molecule has 1 heterocycles. The average Bonchev–Trinajstić information content (AvgIpc) is 3.11. The van der Waals surface area contributed by atoms with Gasteiger partial charge >= 0.3 is 0 Å². The van der Waals surface area contributed by atoms with Gasteiger partial charge in [0.25, 0.3) is 0 Å². The molecule has 2 aliphatic rings. The molecule has 1 aromatic carbocycles. The minimum absolute atomic E-state index is 0.0326. The van der Waals surface area contributed by atoms with E-state index in [-0.39, 0.29) is 24.3 Å². The zero-order valence-electron chi connectivity index (χ0n) is 14.9. The third-order valence-corrected chi connectivity index (χ3v) is 5.77. The second-order valence-electron chi connectivity index (χ2n) is 7.54. The van der Waals surface area contributed by atoms with Crippen LogP contribution in [0.25, 0.3) is 0 Å². The first-order valence-corrected chi connectivity index (χ1v) is 9.28. The summed E-state index contributed by atoms with van der Waals surface area (Å²) < 4.78 is 0. The van der Waals surface area contributed by atoms with Gasteiger partial charge in [0.05, 0.1) is 0 Å². The van der Waals surface area contributed by atoms with Gasteiger partial charge in [0.15, 0.2) is 0 Å². The van der Waals surface area contributed by atoms with Crippen LogP contribution in [0.4, 0.5) is 0 Å². The van der Waals surface area contributed by atoms with Crippen LogP contribution in [0.3, 0.4) is 0 Å². The highest BCUT2D eigenvalue weighted by molar-refractivity contribution is 5.91. The van der Waals surface area contributed by atoms with E-state index in [1.54, 1.807) is 0 Å². The number of likely N-dealkylation sites (tertiary alicyclic amines) is 1. The standard InChI is InChI=1S/C20H28N2O3/c1-15(24)21-20(19(25)22-12-9-16(13-22)14-23)10-7-18(8-11-20)17-5-3-2-4-6-17/h2-6,16,18,23H,7-14H2,1H3,(H,21,24). The average molecular weight is 344 g/mol. The largest absolute Gasteiger partial charge is 0.396 e. The van der Waals surface area contributed by atoms with Crippen LogP contribution in [0.2, 0.25) is 0 Å². The van der Waals surface area contributed by atoms with Crippen molar-refractivity contribution in [2.75, 3.05) is 19.7 Å². The van der Waals surface area contributed by atoms with Gasteiger partial charge in [0.1, 0.15) is 5.54 Å². The molecular formula is C20H28N2O3. The van der Waals surface area contributed by atoms with E-state index in [1.807, 2.05) is 11.0 Å². The number of rotatable bonds is 4. The molecule has 0 radical (unpaired) electrons. The molecule has 25 heavy (non-hydrogen) atoms. The highest BCUT2D eigenvalue weighted by Gasteiger charge is 2.46. The van der Waals surface area contributed by atoms with Crippen LogP contribution in [0.15, 0.2) is 30.3 Å². The van der Waals surface area contributed by atoms with Gasteiger partial charge in [-0.05, 0) is 43.6 Å². The van der Waals surface area contributed by atoms with Crippen molar-refractivity contribution in [2.24, 2.45) is 5.92 Å². The molecule has 2 N–H and O–H groups in total. The zero-order chi connectivity index (χ0) is 17.9. The fourth-order valence-electron chi connectivity index (χ4n) is 4.37. The number of carbonyl (C=O) groups is 2. The van der Waals surface area contributed by atoms with Gasteiger partial charge in [0, 0.05) is 32.5 Å². The first kappa shape index (κ1) is 17.9. The maximum Gasteiger partial charge on any atom is 0.248 e. The number of nitrogens with one attached hydrogen (secondary N) is 1. The Morgan fingerprint density at radius 1 is 1.20 bits per heavy atom. The Labute approximate surface area is 149 Å². The highest BCUT2D eigenvalue weighted by atomic mass is 16.3. The minimum atomic E-state index is -0.776. The maximum absolute atomic E-state index is 13.2. The van der Waals surface area contributed by atoms with Crippen molar-refractivity contribution >= 4 is 11.8 Å². The quantitative estimate of drug-likeness (QED) is 0.878. The molecule has 1 aromatic rings. The van der Waals surface area contributed by atoms with Gasteiger partial charge in [-0.25, -0.2) is 0 Å². The Balaban J connectivity index is 1.72. The van der Waals surface area contributed by atoms with Crippen molar-refractivity contribution in [1.29, 1.82) is 0 Å². The molecule has 1 aliphatic heterocycles. The summed E-state index contributed by atoms with van der Waals surface area (Å²) in [5.74, 6) is 0.494. The maximum atomic E-state index is 13.2. The fourth-order valence-corrected chi connectivity index (χ4v) is 4.37. The van der Waals surface area contributed by atoms with Gasteiger partial charge in [-0.2, -0.15) is 0 Å². The molecule has 2 amide bonds. The molecule has 1 aliphatic carbocycles. The summed E-state index contributed by atoms with van der Waals surface area (Å²) in [6, 6.07) is 10.4. The number of aliphatic hydroxyl groups excluding tert-OH is 1. The van der Waals surface area contributed by atoms with E-state index < -0.39 is 5.54 Å². The van der Waals surface area contributed by atoms with Crippen LogP contribution in [0, 0.1) is 5.92 Å². The molecular weight excluding hydrogens is 316 g/mol. The van der Waals surface area contributed by atoms with E-state index in [0.29, 0.717) is 31.8 Å². The summed E-state index contributed by atoms with van der Waals surface area (Å²) in [6.07, 6.45) is 3.97.